The molecule has 0 aromatic rings. The zero-order chi connectivity index (χ0) is 10.3. The van der Waals surface area contributed by atoms with Crippen LogP contribution in [-0.2, 0) is 9.09 Å². The molecule has 0 bridgehead atoms. The summed E-state index contributed by atoms with van der Waals surface area (Å²) in [6.45, 7) is 0.0661. The van der Waals surface area contributed by atoms with E-state index in [4.69, 9.17) is 22.0 Å². The summed E-state index contributed by atoms with van der Waals surface area (Å²) in [5.74, 6) is 0. The Balaban J connectivity index is 3.27. The van der Waals surface area contributed by atoms with E-state index < -0.39 is 7.82 Å². The molecule has 0 saturated carbocycles. The van der Waals surface area contributed by atoms with Gasteiger partial charge in [-0.3, -0.25) is 4.52 Å². The minimum atomic E-state index is -4.29. The number of hydrogen-bond donors (Lipinski definition) is 3. The van der Waals surface area contributed by atoms with Gasteiger partial charge in [0.1, 0.15) is 0 Å². The van der Waals surface area contributed by atoms with Crippen molar-refractivity contribution in [1.82, 2.24) is 5.32 Å². The first-order valence-corrected chi connectivity index (χ1v) is 5.80. The van der Waals surface area contributed by atoms with Crippen molar-refractivity contribution in [2.24, 2.45) is 0 Å². The molecule has 0 saturated heterocycles. The zero-order valence-electron chi connectivity index (χ0n) is 7.39. The molecule has 0 atom stereocenters. The fourth-order valence-corrected chi connectivity index (χ4v) is 1.21. The van der Waals surface area contributed by atoms with Crippen molar-refractivity contribution in [3.63, 3.8) is 0 Å². The summed E-state index contributed by atoms with van der Waals surface area (Å²) in [5, 5.41) is 2.81. The maximum absolute atomic E-state index is 10.2. The molecule has 0 aromatic heterocycles. The minimum absolute atomic E-state index is 0.0661. The van der Waals surface area contributed by atoms with Crippen LogP contribution in [0.4, 0.5) is 0 Å². The zero-order valence-corrected chi connectivity index (χ0v) is 9.11. The van der Waals surface area contributed by atoms with Crippen LogP contribution in [0.15, 0.2) is 0 Å². The molecule has 0 fully saturated rings. The standard InChI is InChI=1S/C6H14NO4PS/c1-7-6(13)4-2-3-5-11-12(8,9)10/h2-5H2,1H3,(H,7,13)(H2,8,9,10). The lowest BCUT2D eigenvalue weighted by atomic mass is 10.2. The summed E-state index contributed by atoms with van der Waals surface area (Å²) in [6.07, 6.45) is 2.07. The van der Waals surface area contributed by atoms with Crippen molar-refractivity contribution in [2.75, 3.05) is 13.7 Å². The number of nitrogens with one attached hydrogen (secondary N) is 1. The first-order chi connectivity index (χ1) is 5.95. The van der Waals surface area contributed by atoms with Gasteiger partial charge in [-0.05, 0) is 19.3 Å². The van der Waals surface area contributed by atoms with E-state index in [1.54, 1.807) is 7.05 Å². The maximum atomic E-state index is 10.2. The summed E-state index contributed by atoms with van der Waals surface area (Å²) in [5.41, 5.74) is 0. The molecule has 78 valence electrons. The van der Waals surface area contributed by atoms with Gasteiger partial charge < -0.3 is 15.1 Å². The molecule has 0 aliphatic carbocycles. The highest BCUT2D eigenvalue weighted by Gasteiger charge is 2.12. The maximum Gasteiger partial charge on any atom is 0.469 e. The number of phosphoric ester groups is 1. The molecular weight excluding hydrogens is 213 g/mol. The lowest BCUT2D eigenvalue weighted by Crippen LogP contribution is -2.14. The fraction of sp³-hybridized carbons (Fsp3) is 0.833. The normalized spacial score (nSPS) is 11.3. The number of hydrogen-bond acceptors (Lipinski definition) is 3. The molecule has 5 nitrogen and oxygen atoms in total. The smallest absolute Gasteiger partial charge is 0.383 e. The Morgan fingerprint density at radius 1 is 1.54 bits per heavy atom. The van der Waals surface area contributed by atoms with Gasteiger partial charge in [-0.25, -0.2) is 4.57 Å². The van der Waals surface area contributed by atoms with Crippen LogP contribution in [0, 0.1) is 0 Å². The Morgan fingerprint density at radius 2 is 2.15 bits per heavy atom. The van der Waals surface area contributed by atoms with Gasteiger partial charge in [0.15, 0.2) is 0 Å². The van der Waals surface area contributed by atoms with Crippen molar-refractivity contribution in [2.45, 2.75) is 19.3 Å². The van der Waals surface area contributed by atoms with Gasteiger partial charge in [0.05, 0.1) is 11.6 Å². The van der Waals surface area contributed by atoms with E-state index in [1.165, 1.54) is 0 Å². The van der Waals surface area contributed by atoms with Crippen molar-refractivity contribution >= 4 is 25.0 Å². The molecule has 7 heteroatoms. The second kappa shape index (κ2) is 6.45. The number of thiocarbonyl (C=S) groups is 1. The van der Waals surface area contributed by atoms with E-state index in [2.05, 4.69) is 9.84 Å². The van der Waals surface area contributed by atoms with Crippen molar-refractivity contribution in [3.05, 3.63) is 0 Å². The van der Waals surface area contributed by atoms with Gasteiger partial charge in [0.25, 0.3) is 0 Å². The number of unbranched alkanes of at least 4 members (excludes halogenated alkanes) is 1. The highest BCUT2D eigenvalue weighted by Crippen LogP contribution is 2.35. The Morgan fingerprint density at radius 3 is 2.62 bits per heavy atom. The molecule has 0 aliphatic rings. The molecule has 0 spiro atoms. The Labute approximate surface area is 82.7 Å². The van der Waals surface area contributed by atoms with Crippen LogP contribution >= 0.6 is 20.0 Å². The molecular formula is C6H14NO4PS. The van der Waals surface area contributed by atoms with Gasteiger partial charge in [-0.1, -0.05) is 12.2 Å². The van der Waals surface area contributed by atoms with Crippen molar-refractivity contribution in [3.8, 4) is 0 Å². The quantitative estimate of drug-likeness (QED) is 0.354. The highest BCUT2D eigenvalue weighted by molar-refractivity contribution is 7.80. The van der Waals surface area contributed by atoms with Crippen LogP contribution in [0.25, 0.3) is 0 Å². The third-order valence-electron chi connectivity index (χ3n) is 1.34. The minimum Gasteiger partial charge on any atom is -0.383 e. The predicted octanol–water partition coefficient (Wildman–Crippen LogP) is 0.813. The van der Waals surface area contributed by atoms with E-state index in [0.717, 1.165) is 17.8 Å². The summed E-state index contributed by atoms with van der Waals surface area (Å²) in [7, 11) is -2.54. The van der Waals surface area contributed by atoms with Gasteiger partial charge in [0, 0.05) is 7.05 Å². The predicted molar refractivity (Wildman–Crippen MR) is 53.5 cm³/mol. The van der Waals surface area contributed by atoms with E-state index in [9.17, 15) is 4.57 Å². The van der Waals surface area contributed by atoms with Gasteiger partial charge >= 0.3 is 7.82 Å². The number of rotatable bonds is 6. The third kappa shape index (κ3) is 9.92. The van der Waals surface area contributed by atoms with Crippen molar-refractivity contribution < 1.29 is 18.9 Å². The molecule has 0 aromatic carbocycles. The van der Waals surface area contributed by atoms with Crippen LogP contribution in [0.1, 0.15) is 19.3 Å². The molecule has 0 unspecified atom stereocenters. The third-order valence-corrected chi connectivity index (χ3v) is 2.26. The largest absolute Gasteiger partial charge is 0.469 e. The number of phosphoric acid groups is 1. The van der Waals surface area contributed by atoms with Crippen LogP contribution in [0.3, 0.4) is 0 Å². The monoisotopic (exact) mass is 227 g/mol. The molecule has 0 radical (unpaired) electrons. The Kier molecular flexibility index (Phi) is 6.45. The molecule has 0 heterocycles. The van der Waals surface area contributed by atoms with Crippen molar-refractivity contribution in [1.29, 1.82) is 0 Å². The Bertz CT molecular complexity index is 205. The van der Waals surface area contributed by atoms with Crippen LogP contribution < -0.4 is 5.32 Å². The first kappa shape index (κ1) is 13.0. The highest BCUT2D eigenvalue weighted by atomic mass is 32.1. The van der Waals surface area contributed by atoms with Gasteiger partial charge in [-0.15, -0.1) is 0 Å². The molecule has 0 amide bonds. The summed E-state index contributed by atoms with van der Waals surface area (Å²) < 4.78 is 14.5. The summed E-state index contributed by atoms with van der Waals surface area (Å²) in [6, 6.07) is 0. The average Bonchev–Trinajstić information content (AvgIpc) is 2.01. The van der Waals surface area contributed by atoms with E-state index >= 15 is 0 Å². The van der Waals surface area contributed by atoms with Crippen LogP contribution in [0.2, 0.25) is 0 Å². The van der Waals surface area contributed by atoms with Gasteiger partial charge in [0.2, 0.25) is 0 Å². The summed E-state index contributed by atoms with van der Waals surface area (Å²) >= 11 is 4.87. The topological polar surface area (TPSA) is 78.8 Å². The first-order valence-electron chi connectivity index (χ1n) is 3.86. The lowest BCUT2D eigenvalue weighted by Gasteiger charge is -2.05. The molecule has 13 heavy (non-hydrogen) atoms. The van der Waals surface area contributed by atoms with E-state index in [0.29, 0.717) is 6.42 Å². The second-order valence-corrected chi connectivity index (χ2v) is 4.19. The molecule has 0 aliphatic heterocycles. The molecule has 3 N–H and O–H groups in total. The lowest BCUT2D eigenvalue weighted by molar-refractivity contribution is 0.194. The van der Waals surface area contributed by atoms with Crippen LogP contribution in [0.5, 0.6) is 0 Å². The van der Waals surface area contributed by atoms with E-state index in [-0.39, 0.29) is 6.61 Å². The van der Waals surface area contributed by atoms with E-state index in [1.807, 2.05) is 0 Å². The molecule has 0 rings (SSSR count). The van der Waals surface area contributed by atoms with Gasteiger partial charge in [-0.2, -0.15) is 0 Å². The van der Waals surface area contributed by atoms with Crippen LogP contribution in [-0.4, -0.2) is 28.4 Å². The average molecular weight is 227 g/mol. The second-order valence-electron chi connectivity index (χ2n) is 2.45. The Hall–Kier alpha value is -0.0000000000000000416. The fourth-order valence-electron chi connectivity index (χ4n) is 0.696. The summed E-state index contributed by atoms with van der Waals surface area (Å²) in [4.78, 5) is 17.4. The SMILES string of the molecule is CNC(=S)CCCCOP(=O)(O)O.